The number of pyridine rings is 1. The largest absolute Gasteiger partial charge is 0.484 e. The maximum Gasteiger partial charge on any atom is 0.258 e. The molecule has 5 heteroatoms. The number of carbonyl (C=O) groups is 1. The molecule has 1 N–H and O–H groups in total. The number of aryl methyl sites for hydroxylation is 1. The van der Waals surface area contributed by atoms with Crippen LogP contribution in [0.1, 0.15) is 11.1 Å². The van der Waals surface area contributed by atoms with E-state index in [0.29, 0.717) is 12.3 Å². The van der Waals surface area contributed by atoms with Gasteiger partial charge in [0.2, 0.25) is 0 Å². The number of amides is 1. The first-order chi connectivity index (χ1) is 11.7. The monoisotopic (exact) mass is 338 g/mol. The molecule has 3 rings (SSSR count). The van der Waals surface area contributed by atoms with Crippen LogP contribution < -0.4 is 10.1 Å². The van der Waals surface area contributed by atoms with Crippen LogP contribution in [0.5, 0.6) is 5.75 Å². The molecule has 2 heterocycles. The van der Waals surface area contributed by atoms with Gasteiger partial charge < -0.3 is 10.1 Å². The quantitative estimate of drug-likeness (QED) is 0.743. The van der Waals surface area contributed by atoms with Gasteiger partial charge in [-0.05, 0) is 53.1 Å². The van der Waals surface area contributed by atoms with Crippen molar-refractivity contribution in [1.29, 1.82) is 0 Å². The van der Waals surface area contributed by atoms with Gasteiger partial charge in [0.05, 0.1) is 0 Å². The molecular weight excluding hydrogens is 320 g/mol. The third-order valence-corrected chi connectivity index (χ3v) is 4.21. The van der Waals surface area contributed by atoms with Gasteiger partial charge in [0.25, 0.3) is 5.91 Å². The average molecular weight is 338 g/mol. The summed E-state index contributed by atoms with van der Waals surface area (Å²) in [6.45, 7) is 2.44. The molecule has 0 unspecified atom stereocenters. The Morgan fingerprint density at radius 1 is 1.17 bits per heavy atom. The van der Waals surface area contributed by atoms with Gasteiger partial charge in [-0.2, -0.15) is 11.3 Å². The number of ether oxygens (including phenoxy) is 1. The number of thiophene rings is 1. The number of benzene rings is 1. The van der Waals surface area contributed by atoms with Crippen molar-refractivity contribution in [3.05, 3.63) is 70.7 Å². The smallest absolute Gasteiger partial charge is 0.258 e. The van der Waals surface area contributed by atoms with Gasteiger partial charge in [0, 0.05) is 24.5 Å². The summed E-state index contributed by atoms with van der Waals surface area (Å²) in [4.78, 5) is 16.2. The van der Waals surface area contributed by atoms with Crippen molar-refractivity contribution < 1.29 is 9.53 Å². The van der Waals surface area contributed by atoms with E-state index in [2.05, 4.69) is 21.7 Å². The Kier molecular flexibility index (Phi) is 5.23. The highest BCUT2D eigenvalue weighted by molar-refractivity contribution is 7.08. The molecule has 0 aliphatic rings. The van der Waals surface area contributed by atoms with Crippen molar-refractivity contribution in [2.75, 3.05) is 6.61 Å². The molecule has 122 valence electrons. The fourth-order valence-corrected chi connectivity index (χ4v) is 2.87. The van der Waals surface area contributed by atoms with Gasteiger partial charge in [-0.15, -0.1) is 0 Å². The minimum atomic E-state index is -0.156. The highest BCUT2D eigenvalue weighted by atomic mass is 32.1. The Morgan fingerprint density at radius 3 is 2.75 bits per heavy atom. The summed E-state index contributed by atoms with van der Waals surface area (Å²) in [5.74, 6) is 0.536. The lowest BCUT2D eigenvalue weighted by Gasteiger charge is -2.08. The van der Waals surface area contributed by atoms with Crippen molar-refractivity contribution in [3.63, 3.8) is 0 Å². The average Bonchev–Trinajstić information content (AvgIpc) is 3.14. The first kappa shape index (κ1) is 16.2. The summed E-state index contributed by atoms with van der Waals surface area (Å²) >= 11 is 1.65. The highest BCUT2D eigenvalue weighted by Crippen LogP contribution is 2.21. The Bertz CT molecular complexity index is 798. The first-order valence-corrected chi connectivity index (χ1v) is 8.57. The second kappa shape index (κ2) is 7.75. The Morgan fingerprint density at radius 2 is 2.00 bits per heavy atom. The molecule has 0 fully saturated rings. The minimum Gasteiger partial charge on any atom is -0.484 e. The number of carbonyl (C=O) groups excluding carboxylic acids is 1. The molecule has 0 spiro atoms. The summed E-state index contributed by atoms with van der Waals surface area (Å²) in [6.07, 6.45) is 3.59. The molecular formula is C19H18N2O2S. The van der Waals surface area contributed by atoms with Crippen LogP contribution in [0, 0.1) is 6.92 Å². The standard InChI is InChI=1S/C19H18N2O2S/c1-14-2-4-18(5-3-14)23-12-19(22)21-10-15-8-17(11-20-9-15)16-6-7-24-13-16/h2-9,11,13H,10,12H2,1H3,(H,21,22). The number of aromatic nitrogens is 1. The SMILES string of the molecule is Cc1ccc(OCC(=O)NCc2cncc(-c3ccsc3)c2)cc1. The number of nitrogens with zero attached hydrogens (tertiary/aromatic N) is 1. The lowest BCUT2D eigenvalue weighted by atomic mass is 10.1. The van der Waals surface area contributed by atoms with E-state index in [1.165, 1.54) is 0 Å². The second-order valence-corrected chi connectivity index (χ2v) is 6.25. The maximum atomic E-state index is 11.9. The lowest BCUT2D eigenvalue weighted by molar-refractivity contribution is -0.123. The molecule has 0 saturated carbocycles. The Labute approximate surface area is 145 Å². The summed E-state index contributed by atoms with van der Waals surface area (Å²) in [6, 6.07) is 11.7. The maximum absolute atomic E-state index is 11.9. The Balaban J connectivity index is 1.51. The molecule has 0 radical (unpaired) electrons. The van der Waals surface area contributed by atoms with Crippen molar-refractivity contribution in [2.24, 2.45) is 0 Å². The van der Waals surface area contributed by atoms with Gasteiger partial charge in [0.1, 0.15) is 5.75 Å². The zero-order valence-electron chi connectivity index (χ0n) is 13.4. The molecule has 3 aromatic rings. The molecule has 0 saturated heterocycles. The fraction of sp³-hybridized carbons (Fsp3) is 0.158. The minimum absolute atomic E-state index is 0.000705. The van der Waals surface area contributed by atoms with Crippen LogP contribution in [0.25, 0.3) is 11.1 Å². The topological polar surface area (TPSA) is 51.2 Å². The predicted molar refractivity (Wildman–Crippen MR) is 96.1 cm³/mol. The van der Waals surface area contributed by atoms with Crippen LogP contribution in [0.3, 0.4) is 0 Å². The number of hydrogen-bond acceptors (Lipinski definition) is 4. The van der Waals surface area contributed by atoms with E-state index in [1.54, 1.807) is 17.5 Å². The van der Waals surface area contributed by atoms with E-state index in [9.17, 15) is 4.79 Å². The van der Waals surface area contributed by atoms with Gasteiger partial charge in [-0.1, -0.05) is 17.7 Å². The summed E-state index contributed by atoms with van der Waals surface area (Å²) in [5.41, 5.74) is 4.31. The first-order valence-electron chi connectivity index (χ1n) is 7.63. The molecule has 0 atom stereocenters. The molecule has 0 bridgehead atoms. The molecule has 0 aliphatic heterocycles. The van der Waals surface area contributed by atoms with Crippen LogP contribution in [-0.2, 0) is 11.3 Å². The third kappa shape index (κ3) is 4.43. The van der Waals surface area contributed by atoms with E-state index in [-0.39, 0.29) is 12.5 Å². The molecule has 4 nitrogen and oxygen atoms in total. The van der Waals surface area contributed by atoms with Gasteiger partial charge in [-0.3, -0.25) is 9.78 Å². The van der Waals surface area contributed by atoms with Crippen LogP contribution >= 0.6 is 11.3 Å². The van der Waals surface area contributed by atoms with Gasteiger partial charge in [0.15, 0.2) is 6.61 Å². The second-order valence-electron chi connectivity index (χ2n) is 5.47. The molecule has 24 heavy (non-hydrogen) atoms. The van der Waals surface area contributed by atoms with E-state index >= 15 is 0 Å². The van der Waals surface area contributed by atoms with Crippen LogP contribution in [0.4, 0.5) is 0 Å². The zero-order valence-corrected chi connectivity index (χ0v) is 14.2. The molecule has 2 aromatic heterocycles. The van der Waals surface area contributed by atoms with Gasteiger partial charge in [-0.25, -0.2) is 0 Å². The number of nitrogens with one attached hydrogen (secondary N) is 1. The van der Waals surface area contributed by atoms with E-state index in [1.807, 2.05) is 48.8 Å². The lowest BCUT2D eigenvalue weighted by Crippen LogP contribution is -2.28. The molecule has 1 aromatic carbocycles. The number of hydrogen-bond donors (Lipinski definition) is 1. The van der Waals surface area contributed by atoms with Crippen molar-refractivity contribution >= 4 is 17.2 Å². The van der Waals surface area contributed by atoms with Crippen molar-refractivity contribution in [2.45, 2.75) is 13.5 Å². The molecule has 0 aliphatic carbocycles. The summed E-state index contributed by atoms with van der Waals surface area (Å²) in [5, 5.41) is 6.96. The summed E-state index contributed by atoms with van der Waals surface area (Å²) < 4.78 is 5.47. The fourth-order valence-electron chi connectivity index (χ4n) is 2.21. The predicted octanol–water partition coefficient (Wildman–Crippen LogP) is 3.81. The molecule has 1 amide bonds. The third-order valence-electron chi connectivity index (χ3n) is 3.53. The summed E-state index contributed by atoms with van der Waals surface area (Å²) in [7, 11) is 0. The van der Waals surface area contributed by atoms with Crippen molar-refractivity contribution in [3.8, 4) is 16.9 Å². The normalized spacial score (nSPS) is 10.4. The van der Waals surface area contributed by atoms with E-state index in [0.717, 1.165) is 22.3 Å². The van der Waals surface area contributed by atoms with Gasteiger partial charge >= 0.3 is 0 Å². The van der Waals surface area contributed by atoms with E-state index in [4.69, 9.17) is 4.74 Å². The van der Waals surface area contributed by atoms with Crippen LogP contribution in [-0.4, -0.2) is 17.5 Å². The highest BCUT2D eigenvalue weighted by Gasteiger charge is 2.05. The number of rotatable bonds is 6. The van der Waals surface area contributed by atoms with Crippen LogP contribution in [0.2, 0.25) is 0 Å². The van der Waals surface area contributed by atoms with Crippen molar-refractivity contribution in [1.82, 2.24) is 10.3 Å². The van der Waals surface area contributed by atoms with E-state index < -0.39 is 0 Å². The zero-order chi connectivity index (χ0) is 16.8. The van der Waals surface area contributed by atoms with Crippen LogP contribution in [0.15, 0.2) is 59.6 Å². The Hall–Kier alpha value is -2.66.